The summed E-state index contributed by atoms with van der Waals surface area (Å²) in [6.07, 6.45) is 1.76. The highest BCUT2D eigenvalue weighted by molar-refractivity contribution is 7.08. The molecule has 0 fully saturated rings. The second kappa shape index (κ2) is 6.25. The highest BCUT2D eigenvalue weighted by Gasteiger charge is 2.11. The number of nitrogens with one attached hydrogen (secondary N) is 2. The molecule has 5 nitrogen and oxygen atoms in total. The zero-order valence-corrected chi connectivity index (χ0v) is 13.5. The van der Waals surface area contributed by atoms with Crippen molar-refractivity contribution in [2.24, 2.45) is 0 Å². The molecule has 6 heteroatoms. The summed E-state index contributed by atoms with van der Waals surface area (Å²) in [7, 11) is 0. The number of amides is 1. The number of para-hydroxylation sites is 1. The maximum Gasteiger partial charge on any atom is 0.269 e. The number of pyridine rings is 1. The third-order valence-electron chi connectivity index (χ3n) is 3.82. The molecule has 118 valence electrons. The number of carbonyl (C=O) groups is 1. The Hall–Kier alpha value is -2.99. The normalized spacial score (nSPS) is 10.8. The van der Waals surface area contributed by atoms with Crippen LogP contribution >= 0.6 is 11.3 Å². The van der Waals surface area contributed by atoms with Crippen LogP contribution < -0.4 is 5.32 Å². The van der Waals surface area contributed by atoms with Crippen molar-refractivity contribution in [3.63, 3.8) is 0 Å². The van der Waals surface area contributed by atoms with E-state index in [2.05, 4.69) is 20.5 Å². The molecule has 0 saturated carbocycles. The average Bonchev–Trinajstić information content (AvgIpc) is 3.30. The third kappa shape index (κ3) is 2.79. The summed E-state index contributed by atoms with van der Waals surface area (Å²) in [6, 6.07) is 13.6. The zero-order chi connectivity index (χ0) is 16.4. The highest BCUT2D eigenvalue weighted by Crippen LogP contribution is 2.20. The molecule has 1 amide bonds. The Morgan fingerprint density at radius 2 is 2.12 bits per heavy atom. The van der Waals surface area contributed by atoms with Gasteiger partial charge in [0.1, 0.15) is 5.69 Å². The molecule has 0 aliphatic carbocycles. The van der Waals surface area contributed by atoms with E-state index in [1.165, 1.54) is 0 Å². The minimum atomic E-state index is -0.176. The van der Waals surface area contributed by atoms with Crippen molar-refractivity contribution in [3.05, 3.63) is 70.7 Å². The van der Waals surface area contributed by atoms with Gasteiger partial charge in [0.15, 0.2) is 0 Å². The Labute approximate surface area is 142 Å². The molecule has 3 heterocycles. The second-order valence-electron chi connectivity index (χ2n) is 5.35. The Morgan fingerprint density at radius 1 is 1.21 bits per heavy atom. The van der Waals surface area contributed by atoms with Crippen LogP contribution in [0.3, 0.4) is 0 Å². The van der Waals surface area contributed by atoms with Crippen molar-refractivity contribution in [2.75, 3.05) is 0 Å². The minimum absolute atomic E-state index is 0.176. The number of benzene rings is 1. The van der Waals surface area contributed by atoms with E-state index in [1.807, 2.05) is 47.2 Å². The SMILES string of the molecule is O=C(NCc1ccnc2ccccc12)c1cc(-c2ccsc2)n[nH]1. The lowest BCUT2D eigenvalue weighted by Gasteiger charge is -2.07. The first-order chi connectivity index (χ1) is 11.8. The van der Waals surface area contributed by atoms with Crippen LogP contribution in [0.5, 0.6) is 0 Å². The lowest BCUT2D eigenvalue weighted by atomic mass is 10.1. The summed E-state index contributed by atoms with van der Waals surface area (Å²) in [5.41, 5.74) is 4.19. The van der Waals surface area contributed by atoms with Crippen molar-refractivity contribution < 1.29 is 4.79 Å². The molecule has 0 saturated heterocycles. The smallest absolute Gasteiger partial charge is 0.269 e. The van der Waals surface area contributed by atoms with Crippen LogP contribution in [0.15, 0.2) is 59.4 Å². The summed E-state index contributed by atoms with van der Waals surface area (Å²) in [5.74, 6) is -0.176. The molecule has 0 unspecified atom stereocenters. The fourth-order valence-corrected chi connectivity index (χ4v) is 3.23. The maximum absolute atomic E-state index is 12.3. The van der Waals surface area contributed by atoms with Gasteiger partial charge >= 0.3 is 0 Å². The van der Waals surface area contributed by atoms with Gasteiger partial charge in [-0.2, -0.15) is 16.4 Å². The van der Waals surface area contributed by atoms with Gasteiger partial charge in [0, 0.05) is 29.1 Å². The van der Waals surface area contributed by atoms with Gasteiger partial charge in [-0.15, -0.1) is 0 Å². The predicted octanol–water partition coefficient (Wildman–Crippen LogP) is 3.62. The summed E-state index contributed by atoms with van der Waals surface area (Å²) >= 11 is 1.60. The van der Waals surface area contributed by atoms with Crippen molar-refractivity contribution in [3.8, 4) is 11.3 Å². The molecule has 0 spiro atoms. The number of aromatic amines is 1. The first-order valence-electron chi connectivity index (χ1n) is 7.50. The predicted molar refractivity (Wildman–Crippen MR) is 94.8 cm³/mol. The van der Waals surface area contributed by atoms with Crippen LogP contribution in [0.4, 0.5) is 0 Å². The fourth-order valence-electron chi connectivity index (χ4n) is 2.58. The van der Waals surface area contributed by atoms with Gasteiger partial charge in [0.2, 0.25) is 0 Å². The van der Waals surface area contributed by atoms with E-state index in [9.17, 15) is 4.79 Å². The molecule has 4 aromatic rings. The largest absolute Gasteiger partial charge is 0.347 e. The highest BCUT2D eigenvalue weighted by atomic mass is 32.1. The van der Waals surface area contributed by atoms with Gasteiger partial charge in [-0.05, 0) is 35.2 Å². The monoisotopic (exact) mass is 334 g/mol. The van der Waals surface area contributed by atoms with E-state index >= 15 is 0 Å². The van der Waals surface area contributed by atoms with Crippen molar-refractivity contribution in [1.82, 2.24) is 20.5 Å². The average molecular weight is 334 g/mol. The number of fused-ring (bicyclic) bond motifs is 1. The third-order valence-corrected chi connectivity index (χ3v) is 4.50. The quantitative estimate of drug-likeness (QED) is 0.599. The molecular weight excluding hydrogens is 320 g/mol. The molecule has 2 N–H and O–H groups in total. The van der Waals surface area contributed by atoms with Crippen LogP contribution in [0.1, 0.15) is 16.1 Å². The van der Waals surface area contributed by atoms with Gasteiger partial charge < -0.3 is 5.32 Å². The van der Waals surface area contributed by atoms with E-state index in [0.29, 0.717) is 12.2 Å². The molecule has 1 aromatic carbocycles. The number of carbonyl (C=O) groups excluding carboxylic acids is 1. The molecule has 0 bridgehead atoms. The number of aromatic nitrogens is 3. The summed E-state index contributed by atoms with van der Waals surface area (Å²) in [4.78, 5) is 16.7. The first-order valence-corrected chi connectivity index (χ1v) is 8.44. The number of hydrogen-bond acceptors (Lipinski definition) is 4. The van der Waals surface area contributed by atoms with Gasteiger partial charge in [-0.1, -0.05) is 18.2 Å². The zero-order valence-electron chi connectivity index (χ0n) is 12.7. The lowest BCUT2D eigenvalue weighted by Crippen LogP contribution is -2.23. The maximum atomic E-state index is 12.3. The molecule has 0 radical (unpaired) electrons. The topological polar surface area (TPSA) is 70.7 Å². The standard InChI is InChI=1S/C18H14N4OS/c23-18(17-9-16(21-22-17)13-6-8-24-11-13)20-10-12-5-7-19-15-4-2-1-3-14(12)15/h1-9,11H,10H2,(H,20,23)(H,21,22). The van der Waals surface area contributed by atoms with Gasteiger partial charge in [-0.3, -0.25) is 14.9 Å². The Bertz CT molecular complexity index is 986. The Kier molecular flexibility index (Phi) is 3.80. The molecule has 4 rings (SSSR count). The van der Waals surface area contributed by atoms with E-state index in [4.69, 9.17) is 0 Å². The molecule has 0 aliphatic heterocycles. The molecule has 24 heavy (non-hydrogen) atoms. The van der Waals surface area contributed by atoms with E-state index in [1.54, 1.807) is 23.6 Å². The van der Waals surface area contributed by atoms with Crippen molar-refractivity contribution in [2.45, 2.75) is 6.54 Å². The van der Waals surface area contributed by atoms with Crippen LogP contribution in [0.2, 0.25) is 0 Å². The summed E-state index contributed by atoms with van der Waals surface area (Å²) in [5, 5.41) is 15.0. The number of H-pyrrole nitrogens is 1. The summed E-state index contributed by atoms with van der Waals surface area (Å²) in [6.45, 7) is 0.439. The number of nitrogens with zero attached hydrogens (tertiary/aromatic N) is 2. The number of rotatable bonds is 4. The van der Waals surface area contributed by atoms with Crippen LogP contribution in [-0.4, -0.2) is 21.1 Å². The van der Waals surface area contributed by atoms with E-state index in [-0.39, 0.29) is 5.91 Å². The number of hydrogen-bond donors (Lipinski definition) is 2. The van der Waals surface area contributed by atoms with Gasteiger partial charge in [0.05, 0.1) is 11.2 Å². The molecule has 0 atom stereocenters. The Morgan fingerprint density at radius 3 is 3.00 bits per heavy atom. The fraction of sp³-hybridized carbons (Fsp3) is 0.0556. The second-order valence-corrected chi connectivity index (χ2v) is 6.13. The first kappa shape index (κ1) is 14.6. The van der Waals surface area contributed by atoms with Crippen LogP contribution in [0, 0.1) is 0 Å². The van der Waals surface area contributed by atoms with Crippen molar-refractivity contribution in [1.29, 1.82) is 0 Å². The summed E-state index contributed by atoms with van der Waals surface area (Å²) < 4.78 is 0. The van der Waals surface area contributed by atoms with E-state index < -0.39 is 0 Å². The lowest BCUT2D eigenvalue weighted by molar-refractivity contribution is 0.0946. The van der Waals surface area contributed by atoms with Gasteiger partial charge in [-0.25, -0.2) is 0 Å². The molecule has 0 aliphatic rings. The van der Waals surface area contributed by atoms with E-state index in [0.717, 1.165) is 27.7 Å². The molecular formula is C18H14N4OS. The Balaban J connectivity index is 1.50. The molecule has 3 aromatic heterocycles. The van der Waals surface area contributed by atoms with Crippen LogP contribution in [0.25, 0.3) is 22.2 Å². The van der Waals surface area contributed by atoms with Gasteiger partial charge in [0.25, 0.3) is 5.91 Å². The minimum Gasteiger partial charge on any atom is -0.347 e. The number of thiophene rings is 1. The van der Waals surface area contributed by atoms with Crippen molar-refractivity contribution >= 4 is 28.1 Å². The van der Waals surface area contributed by atoms with Crippen LogP contribution in [-0.2, 0) is 6.54 Å².